The van der Waals surface area contributed by atoms with E-state index in [1.54, 1.807) is 6.92 Å². The third-order valence-electron chi connectivity index (χ3n) is 3.15. The number of carboxylic acids is 1. The summed E-state index contributed by atoms with van der Waals surface area (Å²) in [5.41, 5.74) is 0.511. The van der Waals surface area contributed by atoms with Crippen LogP contribution in [-0.4, -0.2) is 70.7 Å². The molecule has 1 saturated heterocycles. The highest BCUT2D eigenvalue weighted by Crippen LogP contribution is 2.27. The van der Waals surface area contributed by atoms with Crippen molar-refractivity contribution in [2.75, 3.05) is 39.0 Å². The molecule has 1 fully saturated rings. The molecule has 110 valence electrons. The van der Waals surface area contributed by atoms with Gasteiger partial charge in [0.15, 0.2) is 4.34 Å². The molecule has 1 N–H and O–H groups in total. The average molecular weight is 315 g/mol. The van der Waals surface area contributed by atoms with E-state index in [-0.39, 0.29) is 10.8 Å². The zero-order chi connectivity index (χ0) is 14.7. The van der Waals surface area contributed by atoms with Gasteiger partial charge in [0.2, 0.25) is 5.91 Å². The normalized spacial score (nSPS) is 16.4. The number of carbonyl (C=O) groups excluding carboxylic acids is 1. The maximum Gasteiger partial charge on any atom is 0.347 e. The fourth-order valence-electron chi connectivity index (χ4n) is 1.90. The van der Waals surface area contributed by atoms with E-state index in [9.17, 15) is 9.59 Å². The molecule has 1 aromatic heterocycles. The third-order valence-corrected chi connectivity index (χ3v) is 5.42. The first-order valence-electron chi connectivity index (χ1n) is 6.27. The predicted octanol–water partition coefficient (Wildman–Crippen LogP) is 1.02. The summed E-state index contributed by atoms with van der Waals surface area (Å²) in [7, 11) is 2.04. The number of thiazole rings is 1. The molecule has 2 rings (SSSR count). The van der Waals surface area contributed by atoms with Crippen molar-refractivity contribution in [3.63, 3.8) is 0 Å². The number of hydrogen-bond donors (Lipinski definition) is 1. The van der Waals surface area contributed by atoms with Crippen molar-refractivity contribution in [2.45, 2.75) is 11.3 Å². The fourth-order valence-corrected chi connectivity index (χ4v) is 3.83. The molecule has 1 aliphatic heterocycles. The van der Waals surface area contributed by atoms with Crippen LogP contribution in [0.4, 0.5) is 0 Å². The molecule has 0 atom stereocenters. The van der Waals surface area contributed by atoms with Gasteiger partial charge in [-0.1, -0.05) is 11.8 Å². The first-order valence-corrected chi connectivity index (χ1v) is 8.07. The highest BCUT2D eigenvalue weighted by atomic mass is 32.2. The van der Waals surface area contributed by atoms with E-state index in [4.69, 9.17) is 5.11 Å². The molecule has 0 spiro atoms. The molecule has 0 saturated carbocycles. The summed E-state index contributed by atoms with van der Waals surface area (Å²) in [5, 5.41) is 8.97. The van der Waals surface area contributed by atoms with Gasteiger partial charge in [0.05, 0.1) is 11.4 Å². The van der Waals surface area contributed by atoms with Gasteiger partial charge in [0.25, 0.3) is 0 Å². The second-order valence-electron chi connectivity index (χ2n) is 4.67. The molecule has 1 aliphatic rings. The Morgan fingerprint density at radius 2 is 2.00 bits per heavy atom. The molecule has 0 aliphatic carbocycles. The number of amides is 1. The average Bonchev–Trinajstić information content (AvgIpc) is 2.78. The number of hydrogen-bond acceptors (Lipinski definition) is 6. The SMILES string of the molecule is Cc1nc(SCC(=O)N2CCN(C)CC2)sc1C(=O)O. The summed E-state index contributed by atoms with van der Waals surface area (Å²) in [5.74, 6) is -0.555. The van der Waals surface area contributed by atoms with Crippen LogP contribution in [0.2, 0.25) is 0 Å². The topological polar surface area (TPSA) is 73.7 Å². The van der Waals surface area contributed by atoms with Crippen LogP contribution >= 0.6 is 23.1 Å². The molecule has 0 bridgehead atoms. The lowest BCUT2D eigenvalue weighted by Crippen LogP contribution is -2.47. The smallest absolute Gasteiger partial charge is 0.347 e. The summed E-state index contributed by atoms with van der Waals surface area (Å²) in [4.78, 5) is 31.5. The second-order valence-corrected chi connectivity index (χ2v) is 6.89. The van der Waals surface area contributed by atoms with Gasteiger partial charge in [-0.05, 0) is 14.0 Å². The zero-order valence-corrected chi connectivity index (χ0v) is 13.1. The quantitative estimate of drug-likeness (QED) is 0.836. The molecular weight excluding hydrogens is 298 g/mol. The fraction of sp³-hybridized carbons (Fsp3) is 0.583. The van der Waals surface area contributed by atoms with Gasteiger partial charge in [0, 0.05) is 26.2 Å². The van der Waals surface area contributed by atoms with Crippen molar-refractivity contribution < 1.29 is 14.7 Å². The first-order chi connectivity index (χ1) is 9.47. The number of aryl methyl sites for hydroxylation is 1. The number of thioether (sulfide) groups is 1. The van der Waals surface area contributed by atoms with Crippen molar-refractivity contribution in [3.8, 4) is 0 Å². The Morgan fingerprint density at radius 1 is 1.35 bits per heavy atom. The lowest BCUT2D eigenvalue weighted by molar-refractivity contribution is -0.129. The van der Waals surface area contributed by atoms with Crippen LogP contribution in [0.15, 0.2) is 4.34 Å². The standard InChI is InChI=1S/C12H17N3O3S2/c1-8-10(11(17)18)20-12(13-8)19-7-9(16)15-5-3-14(2)4-6-15/h3-7H2,1-2H3,(H,17,18). The Balaban J connectivity index is 1.87. The molecule has 20 heavy (non-hydrogen) atoms. The van der Waals surface area contributed by atoms with E-state index in [1.165, 1.54) is 11.8 Å². The van der Waals surface area contributed by atoms with E-state index in [2.05, 4.69) is 9.88 Å². The van der Waals surface area contributed by atoms with Crippen LogP contribution < -0.4 is 0 Å². The van der Waals surface area contributed by atoms with Crippen LogP contribution in [0.1, 0.15) is 15.4 Å². The molecule has 0 unspecified atom stereocenters. The zero-order valence-electron chi connectivity index (χ0n) is 11.5. The maximum atomic E-state index is 12.1. The van der Waals surface area contributed by atoms with Crippen molar-refractivity contribution >= 4 is 35.0 Å². The number of aromatic carboxylic acids is 1. The number of rotatable bonds is 4. The Hall–Kier alpha value is -1.12. The van der Waals surface area contributed by atoms with Gasteiger partial charge in [-0.15, -0.1) is 11.3 Å². The Morgan fingerprint density at radius 3 is 2.55 bits per heavy atom. The molecule has 6 nitrogen and oxygen atoms in total. The van der Waals surface area contributed by atoms with Gasteiger partial charge in [-0.2, -0.15) is 0 Å². The van der Waals surface area contributed by atoms with Crippen LogP contribution in [-0.2, 0) is 4.79 Å². The second kappa shape index (κ2) is 6.55. The van der Waals surface area contributed by atoms with Gasteiger partial charge >= 0.3 is 5.97 Å². The molecule has 2 heterocycles. The van der Waals surface area contributed by atoms with E-state index in [0.29, 0.717) is 15.8 Å². The summed E-state index contributed by atoms with van der Waals surface area (Å²) >= 11 is 2.44. The summed E-state index contributed by atoms with van der Waals surface area (Å²) in [6, 6.07) is 0. The van der Waals surface area contributed by atoms with E-state index < -0.39 is 5.97 Å². The number of likely N-dealkylation sites (N-methyl/N-ethyl adjacent to an activating group) is 1. The number of nitrogens with zero attached hydrogens (tertiary/aromatic N) is 3. The third kappa shape index (κ3) is 3.71. The molecular formula is C12H17N3O3S2. The van der Waals surface area contributed by atoms with Crippen LogP contribution in [0.5, 0.6) is 0 Å². The summed E-state index contributed by atoms with van der Waals surface area (Å²) in [6.45, 7) is 4.98. The van der Waals surface area contributed by atoms with Crippen molar-refractivity contribution in [2.24, 2.45) is 0 Å². The lowest BCUT2D eigenvalue weighted by Gasteiger charge is -2.32. The van der Waals surface area contributed by atoms with E-state index >= 15 is 0 Å². The molecule has 8 heteroatoms. The first kappa shape index (κ1) is 15.3. The largest absolute Gasteiger partial charge is 0.477 e. The van der Waals surface area contributed by atoms with Crippen LogP contribution in [0, 0.1) is 6.92 Å². The lowest BCUT2D eigenvalue weighted by atomic mass is 10.3. The highest BCUT2D eigenvalue weighted by Gasteiger charge is 2.20. The van der Waals surface area contributed by atoms with Crippen molar-refractivity contribution in [1.82, 2.24) is 14.8 Å². The minimum atomic E-state index is -0.961. The molecule has 0 radical (unpaired) electrons. The number of aromatic nitrogens is 1. The Kier molecular flexibility index (Phi) is 5.00. The monoisotopic (exact) mass is 315 g/mol. The van der Waals surface area contributed by atoms with Gasteiger partial charge in [-0.3, -0.25) is 4.79 Å². The summed E-state index contributed by atoms with van der Waals surface area (Å²) in [6.07, 6.45) is 0. The Labute approximate surface area is 125 Å². The minimum Gasteiger partial charge on any atom is -0.477 e. The molecule has 0 aromatic carbocycles. The van der Waals surface area contributed by atoms with Gasteiger partial charge in [-0.25, -0.2) is 9.78 Å². The van der Waals surface area contributed by atoms with Crippen molar-refractivity contribution in [3.05, 3.63) is 10.6 Å². The molecule has 1 amide bonds. The molecule has 1 aromatic rings. The summed E-state index contributed by atoms with van der Waals surface area (Å²) < 4.78 is 0.641. The van der Waals surface area contributed by atoms with Gasteiger partial charge < -0.3 is 14.9 Å². The maximum absolute atomic E-state index is 12.1. The highest BCUT2D eigenvalue weighted by molar-refractivity contribution is 8.01. The Bertz CT molecular complexity index is 510. The van der Waals surface area contributed by atoms with E-state index in [1.807, 2.05) is 11.9 Å². The number of carbonyl (C=O) groups is 2. The van der Waals surface area contributed by atoms with E-state index in [0.717, 1.165) is 37.5 Å². The minimum absolute atomic E-state index is 0.0906. The van der Waals surface area contributed by atoms with Crippen molar-refractivity contribution in [1.29, 1.82) is 0 Å². The van der Waals surface area contributed by atoms with Crippen LogP contribution in [0.25, 0.3) is 0 Å². The van der Waals surface area contributed by atoms with Gasteiger partial charge in [0.1, 0.15) is 4.88 Å². The number of carboxylic acid groups (broad SMARTS) is 1. The number of piperazine rings is 1. The van der Waals surface area contributed by atoms with Crippen LogP contribution in [0.3, 0.4) is 0 Å². The predicted molar refractivity (Wildman–Crippen MR) is 78.6 cm³/mol.